The lowest BCUT2D eigenvalue weighted by atomic mass is 10.0. The van der Waals surface area contributed by atoms with E-state index >= 15 is 0 Å². The summed E-state index contributed by atoms with van der Waals surface area (Å²) in [5.74, 6) is 0. The van der Waals surface area contributed by atoms with E-state index in [4.69, 9.17) is 0 Å². The highest BCUT2D eigenvalue weighted by Gasteiger charge is 2.18. The Kier molecular flexibility index (Phi) is 3.28. The molecule has 17 heavy (non-hydrogen) atoms. The third-order valence-electron chi connectivity index (χ3n) is 2.96. The topological polar surface area (TPSA) is 47.7 Å². The molecule has 1 atom stereocenters. The summed E-state index contributed by atoms with van der Waals surface area (Å²) in [4.78, 5) is 0. The molecule has 92 valence electrons. The number of nitrogens with zero attached hydrogens (tertiary/aromatic N) is 4. The molecular weight excluding hydrogens is 214 g/mol. The molecule has 0 bridgehead atoms. The van der Waals surface area contributed by atoms with Crippen LogP contribution in [-0.4, -0.2) is 26.6 Å². The molecule has 1 unspecified atom stereocenters. The zero-order valence-electron chi connectivity index (χ0n) is 10.8. The molecule has 5 heteroatoms. The van der Waals surface area contributed by atoms with Crippen molar-refractivity contribution in [3.63, 3.8) is 0 Å². The van der Waals surface area contributed by atoms with Crippen LogP contribution < -0.4 is 5.32 Å². The normalized spacial score (nSPS) is 12.9. The van der Waals surface area contributed by atoms with Crippen LogP contribution in [0.5, 0.6) is 0 Å². The third-order valence-corrected chi connectivity index (χ3v) is 2.96. The Balaban J connectivity index is 2.36. The molecule has 2 aromatic rings. The Bertz CT molecular complexity index is 497. The summed E-state index contributed by atoms with van der Waals surface area (Å²) in [7, 11) is 3.90. The van der Waals surface area contributed by atoms with Gasteiger partial charge >= 0.3 is 0 Å². The second-order valence-electron chi connectivity index (χ2n) is 4.19. The molecule has 2 rings (SSSR count). The van der Waals surface area contributed by atoms with Gasteiger partial charge in [0.2, 0.25) is 0 Å². The monoisotopic (exact) mass is 233 g/mol. The van der Waals surface area contributed by atoms with Crippen molar-refractivity contribution in [3.8, 4) is 0 Å². The minimum atomic E-state index is 0.156. The zero-order valence-corrected chi connectivity index (χ0v) is 10.8. The molecule has 2 aromatic heterocycles. The SMILES string of the molecule is CCn1cc(C(NC)c2cn(C)nc2C)cn1. The Morgan fingerprint density at radius 1 is 1.41 bits per heavy atom. The number of rotatable bonds is 4. The Hall–Kier alpha value is -1.62. The molecule has 0 aliphatic rings. The minimum absolute atomic E-state index is 0.156. The average molecular weight is 233 g/mol. The van der Waals surface area contributed by atoms with E-state index in [2.05, 4.69) is 34.8 Å². The van der Waals surface area contributed by atoms with Gasteiger partial charge < -0.3 is 5.32 Å². The van der Waals surface area contributed by atoms with Gasteiger partial charge in [-0.15, -0.1) is 0 Å². The van der Waals surface area contributed by atoms with Crippen LogP contribution in [0.15, 0.2) is 18.6 Å². The molecule has 0 aromatic carbocycles. The van der Waals surface area contributed by atoms with Crippen molar-refractivity contribution in [2.75, 3.05) is 7.05 Å². The first kappa shape index (κ1) is 11.9. The highest BCUT2D eigenvalue weighted by atomic mass is 15.3. The van der Waals surface area contributed by atoms with Crippen LogP contribution >= 0.6 is 0 Å². The summed E-state index contributed by atoms with van der Waals surface area (Å²) < 4.78 is 3.78. The van der Waals surface area contributed by atoms with E-state index in [1.165, 1.54) is 11.1 Å². The summed E-state index contributed by atoms with van der Waals surface area (Å²) >= 11 is 0. The highest BCUT2D eigenvalue weighted by molar-refractivity contribution is 5.30. The van der Waals surface area contributed by atoms with Crippen LogP contribution in [0.25, 0.3) is 0 Å². The molecule has 0 aliphatic heterocycles. The van der Waals surface area contributed by atoms with Gasteiger partial charge in [-0.25, -0.2) is 0 Å². The number of aryl methyl sites for hydroxylation is 3. The lowest BCUT2D eigenvalue weighted by Gasteiger charge is -2.13. The van der Waals surface area contributed by atoms with Crippen LogP contribution in [0.2, 0.25) is 0 Å². The first-order valence-electron chi connectivity index (χ1n) is 5.85. The van der Waals surface area contributed by atoms with Crippen molar-refractivity contribution in [2.45, 2.75) is 26.4 Å². The second-order valence-corrected chi connectivity index (χ2v) is 4.19. The maximum absolute atomic E-state index is 4.38. The summed E-state index contributed by atoms with van der Waals surface area (Å²) in [5.41, 5.74) is 3.42. The van der Waals surface area contributed by atoms with Crippen LogP contribution in [0.1, 0.15) is 29.8 Å². The molecular formula is C12H19N5. The van der Waals surface area contributed by atoms with Crippen molar-refractivity contribution in [2.24, 2.45) is 7.05 Å². The van der Waals surface area contributed by atoms with E-state index in [9.17, 15) is 0 Å². The first-order chi connectivity index (χ1) is 8.15. The number of hydrogen-bond acceptors (Lipinski definition) is 3. The molecule has 0 fully saturated rings. The highest BCUT2D eigenvalue weighted by Crippen LogP contribution is 2.23. The van der Waals surface area contributed by atoms with Gasteiger partial charge in [0.05, 0.1) is 17.9 Å². The first-order valence-corrected chi connectivity index (χ1v) is 5.85. The fourth-order valence-corrected chi connectivity index (χ4v) is 2.10. The maximum Gasteiger partial charge on any atom is 0.0644 e. The summed E-state index contributed by atoms with van der Waals surface area (Å²) in [6, 6.07) is 0.156. The maximum atomic E-state index is 4.38. The molecule has 0 saturated carbocycles. The number of nitrogens with one attached hydrogen (secondary N) is 1. The van der Waals surface area contributed by atoms with E-state index in [0.717, 1.165) is 12.2 Å². The zero-order chi connectivity index (χ0) is 12.4. The van der Waals surface area contributed by atoms with Gasteiger partial charge in [-0.1, -0.05) is 0 Å². The van der Waals surface area contributed by atoms with E-state index in [1.807, 2.05) is 36.6 Å². The molecule has 5 nitrogen and oxygen atoms in total. The predicted octanol–water partition coefficient (Wildman–Crippen LogP) is 1.25. The quantitative estimate of drug-likeness (QED) is 0.864. The lowest BCUT2D eigenvalue weighted by molar-refractivity contribution is 0.653. The van der Waals surface area contributed by atoms with Crippen molar-refractivity contribution < 1.29 is 0 Å². The Morgan fingerprint density at radius 3 is 2.65 bits per heavy atom. The lowest BCUT2D eigenvalue weighted by Crippen LogP contribution is -2.17. The smallest absolute Gasteiger partial charge is 0.0644 e. The van der Waals surface area contributed by atoms with E-state index in [1.54, 1.807) is 0 Å². The van der Waals surface area contributed by atoms with Gasteiger partial charge in [0.1, 0.15) is 0 Å². The van der Waals surface area contributed by atoms with Crippen molar-refractivity contribution >= 4 is 0 Å². The minimum Gasteiger partial charge on any atom is -0.309 e. The van der Waals surface area contributed by atoms with Crippen LogP contribution in [-0.2, 0) is 13.6 Å². The van der Waals surface area contributed by atoms with Crippen molar-refractivity contribution in [1.29, 1.82) is 0 Å². The van der Waals surface area contributed by atoms with Crippen LogP contribution in [0.4, 0.5) is 0 Å². The molecule has 0 amide bonds. The molecule has 1 N–H and O–H groups in total. The molecule has 0 aliphatic carbocycles. The van der Waals surface area contributed by atoms with Crippen molar-refractivity contribution in [1.82, 2.24) is 24.9 Å². The van der Waals surface area contributed by atoms with Gasteiger partial charge in [0.15, 0.2) is 0 Å². The molecule has 0 saturated heterocycles. The number of aromatic nitrogens is 4. The molecule has 0 radical (unpaired) electrons. The average Bonchev–Trinajstić information content (AvgIpc) is 2.88. The standard InChI is InChI=1S/C12H19N5/c1-5-17-7-10(6-14-17)12(13-3)11-8-16(4)15-9(11)2/h6-8,12-13H,5H2,1-4H3. The van der Waals surface area contributed by atoms with Crippen LogP contribution in [0.3, 0.4) is 0 Å². The van der Waals surface area contributed by atoms with E-state index in [0.29, 0.717) is 0 Å². The second kappa shape index (κ2) is 4.71. The largest absolute Gasteiger partial charge is 0.309 e. The summed E-state index contributed by atoms with van der Waals surface area (Å²) in [5, 5.41) is 12.0. The van der Waals surface area contributed by atoms with Gasteiger partial charge in [-0.3, -0.25) is 9.36 Å². The molecule has 2 heterocycles. The predicted molar refractivity (Wildman–Crippen MR) is 66.7 cm³/mol. The van der Waals surface area contributed by atoms with Crippen LogP contribution in [0, 0.1) is 6.92 Å². The Labute approximate surface area is 101 Å². The Morgan fingerprint density at radius 2 is 2.18 bits per heavy atom. The van der Waals surface area contributed by atoms with Gasteiger partial charge in [0.25, 0.3) is 0 Å². The fourth-order valence-electron chi connectivity index (χ4n) is 2.10. The van der Waals surface area contributed by atoms with E-state index in [-0.39, 0.29) is 6.04 Å². The number of hydrogen-bond donors (Lipinski definition) is 1. The molecule has 0 spiro atoms. The summed E-state index contributed by atoms with van der Waals surface area (Å²) in [6.45, 7) is 5.01. The van der Waals surface area contributed by atoms with Crippen molar-refractivity contribution in [3.05, 3.63) is 35.4 Å². The van der Waals surface area contributed by atoms with Gasteiger partial charge in [-0.05, 0) is 20.9 Å². The third kappa shape index (κ3) is 2.24. The van der Waals surface area contributed by atoms with Gasteiger partial charge in [0, 0.05) is 37.1 Å². The van der Waals surface area contributed by atoms with E-state index < -0.39 is 0 Å². The fraction of sp³-hybridized carbons (Fsp3) is 0.500. The summed E-state index contributed by atoms with van der Waals surface area (Å²) in [6.07, 6.45) is 6.05. The van der Waals surface area contributed by atoms with Gasteiger partial charge in [-0.2, -0.15) is 10.2 Å².